The largest absolute Gasteiger partial charge is 0.297 e. The van der Waals surface area contributed by atoms with Crippen molar-refractivity contribution < 1.29 is 0 Å². The Bertz CT molecular complexity index is 384. The Hall–Kier alpha value is -0.590. The lowest BCUT2D eigenvalue weighted by atomic mass is 9.87. The van der Waals surface area contributed by atoms with Crippen molar-refractivity contribution >= 4 is 0 Å². The molecule has 4 atom stereocenters. The molecule has 0 amide bonds. The second-order valence-corrected chi connectivity index (χ2v) is 7.55. The SMILES string of the molecule is CC(CC(C)(C#N)NC1CC1)N1CCCC2CCCC21. The van der Waals surface area contributed by atoms with Gasteiger partial charge in [0.25, 0.3) is 0 Å². The van der Waals surface area contributed by atoms with Crippen molar-refractivity contribution in [2.24, 2.45) is 5.92 Å². The van der Waals surface area contributed by atoms with E-state index in [2.05, 4.69) is 30.1 Å². The van der Waals surface area contributed by atoms with Crippen LogP contribution in [0, 0.1) is 17.2 Å². The highest BCUT2D eigenvalue weighted by Gasteiger charge is 2.40. The Kier molecular flexibility index (Phi) is 4.06. The first-order chi connectivity index (χ1) is 9.61. The molecule has 0 aromatic carbocycles. The van der Waals surface area contributed by atoms with E-state index in [1.807, 2.05) is 0 Å². The van der Waals surface area contributed by atoms with Crippen LogP contribution in [0.25, 0.3) is 0 Å². The molecular weight excluding hydrogens is 246 g/mol. The second kappa shape index (κ2) is 5.66. The van der Waals surface area contributed by atoms with Gasteiger partial charge in [-0.15, -0.1) is 0 Å². The number of hydrogen-bond acceptors (Lipinski definition) is 3. The van der Waals surface area contributed by atoms with Crippen molar-refractivity contribution in [1.29, 1.82) is 5.26 Å². The lowest BCUT2D eigenvalue weighted by molar-refractivity contribution is 0.0623. The molecule has 4 unspecified atom stereocenters. The average Bonchev–Trinajstić information content (AvgIpc) is 3.10. The van der Waals surface area contributed by atoms with Gasteiger partial charge in [0.2, 0.25) is 0 Å². The van der Waals surface area contributed by atoms with Crippen LogP contribution in [-0.2, 0) is 0 Å². The molecule has 3 rings (SSSR count). The number of nitriles is 1. The Morgan fingerprint density at radius 1 is 1.25 bits per heavy atom. The van der Waals surface area contributed by atoms with Crippen molar-refractivity contribution in [2.45, 2.75) is 88.9 Å². The first-order valence-electron chi connectivity index (χ1n) is 8.56. The van der Waals surface area contributed by atoms with Gasteiger partial charge in [0.05, 0.1) is 6.07 Å². The van der Waals surface area contributed by atoms with Crippen LogP contribution in [0.2, 0.25) is 0 Å². The third kappa shape index (κ3) is 3.02. The van der Waals surface area contributed by atoms with Crippen molar-refractivity contribution in [2.75, 3.05) is 6.54 Å². The summed E-state index contributed by atoms with van der Waals surface area (Å²) in [5.74, 6) is 0.941. The lowest BCUT2D eigenvalue weighted by Gasteiger charge is -2.43. The third-order valence-corrected chi connectivity index (χ3v) is 5.65. The minimum atomic E-state index is -0.341. The summed E-state index contributed by atoms with van der Waals surface area (Å²) in [5.41, 5.74) is -0.341. The quantitative estimate of drug-likeness (QED) is 0.838. The summed E-state index contributed by atoms with van der Waals surface area (Å²) >= 11 is 0. The fourth-order valence-corrected chi connectivity index (χ4v) is 4.56. The summed E-state index contributed by atoms with van der Waals surface area (Å²) in [7, 11) is 0. The summed E-state index contributed by atoms with van der Waals surface area (Å²) in [4.78, 5) is 2.73. The highest BCUT2D eigenvalue weighted by molar-refractivity contribution is 5.09. The van der Waals surface area contributed by atoms with Crippen LogP contribution < -0.4 is 5.32 Å². The van der Waals surface area contributed by atoms with Gasteiger partial charge in [-0.1, -0.05) is 6.42 Å². The van der Waals surface area contributed by atoms with Crippen LogP contribution in [0.4, 0.5) is 0 Å². The van der Waals surface area contributed by atoms with Gasteiger partial charge in [-0.3, -0.25) is 10.2 Å². The summed E-state index contributed by atoms with van der Waals surface area (Å²) in [6, 6.07) is 4.48. The molecule has 112 valence electrons. The van der Waals surface area contributed by atoms with Gasteiger partial charge in [0.1, 0.15) is 5.54 Å². The van der Waals surface area contributed by atoms with Crippen LogP contribution in [0.3, 0.4) is 0 Å². The summed E-state index contributed by atoms with van der Waals surface area (Å²) in [5, 5.41) is 13.1. The van der Waals surface area contributed by atoms with Gasteiger partial charge >= 0.3 is 0 Å². The summed E-state index contributed by atoms with van der Waals surface area (Å²) in [6.07, 6.45) is 10.5. The first kappa shape index (κ1) is 14.4. The van der Waals surface area contributed by atoms with Gasteiger partial charge in [0, 0.05) is 18.1 Å². The van der Waals surface area contributed by atoms with E-state index in [-0.39, 0.29) is 5.54 Å². The molecule has 3 aliphatic rings. The molecule has 2 saturated carbocycles. The number of hydrogen-bond donors (Lipinski definition) is 1. The van der Waals surface area contributed by atoms with E-state index in [0.29, 0.717) is 12.1 Å². The fraction of sp³-hybridized carbons (Fsp3) is 0.941. The minimum Gasteiger partial charge on any atom is -0.297 e. The molecule has 2 aliphatic carbocycles. The van der Waals surface area contributed by atoms with Gasteiger partial charge in [-0.05, 0) is 71.3 Å². The van der Waals surface area contributed by atoms with E-state index in [0.717, 1.165) is 18.4 Å². The van der Waals surface area contributed by atoms with Crippen molar-refractivity contribution in [3.05, 3.63) is 0 Å². The maximum Gasteiger partial charge on any atom is 0.105 e. The highest BCUT2D eigenvalue weighted by atomic mass is 15.2. The molecule has 1 aliphatic heterocycles. The minimum absolute atomic E-state index is 0.341. The Labute approximate surface area is 123 Å². The van der Waals surface area contributed by atoms with E-state index in [1.165, 1.54) is 51.5 Å². The number of fused-ring (bicyclic) bond motifs is 1. The van der Waals surface area contributed by atoms with E-state index >= 15 is 0 Å². The zero-order valence-corrected chi connectivity index (χ0v) is 13.1. The summed E-state index contributed by atoms with van der Waals surface area (Å²) < 4.78 is 0. The molecule has 1 N–H and O–H groups in total. The van der Waals surface area contributed by atoms with Crippen molar-refractivity contribution in [1.82, 2.24) is 10.2 Å². The van der Waals surface area contributed by atoms with Crippen LogP contribution in [0.15, 0.2) is 0 Å². The second-order valence-electron chi connectivity index (χ2n) is 7.55. The molecule has 3 heteroatoms. The number of rotatable bonds is 5. The molecule has 3 fully saturated rings. The maximum absolute atomic E-state index is 9.57. The predicted molar refractivity (Wildman–Crippen MR) is 81.3 cm³/mol. The van der Waals surface area contributed by atoms with E-state index < -0.39 is 0 Å². The fourth-order valence-electron chi connectivity index (χ4n) is 4.56. The van der Waals surface area contributed by atoms with Crippen molar-refractivity contribution in [3.8, 4) is 6.07 Å². The molecule has 0 spiro atoms. The first-order valence-corrected chi connectivity index (χ1v) is 8.56. The highest BCUT2D eigenvalue weighted by Crippen LogP contribution is 2.38. The smallest absolute Gasteiger partial charge is 0.105 e. The van der Waals surface area contributed by atoms with Crippen LogP contribution in [-0.4, -0.2) is 35.1 Å². The van der Waals surface area contributed by atoms with Gasteiger partial charge in [0.15, 0.2) is 0 Å². The van der Waals surface area contributed by atoms with Crippen molar-refractivity contribution in [3.63, 3.8) is 0 Å². The Morgan fingerprint density at radius 2 is 2.00 bits per heavy atom. The monoisotopic (exact) mass is 275 g/mol. The van der Waals surface area contributed by atoms with Gasteiger partial charge < -0.3 is 0 Å². The van der Waals surface area contributed by atoms with Crippen LogP contribution >= 0.6 is 0 Å². The zero-order valence-electron chi connectivity index (χ0n) is 13.1. The van der Waals surface area contributed by atoms with E-state index in [9.17, 15) is 5.26 Å². The molecule has 0 bridgehead atoms. The topological polar surface area (TPSA) is 39.1 Å². The molecule has 0 radical (unpaired) electrons. The molecule has 0 aromatic heterocycles. The Balaban J connectivity index is 1.62. The molecule has 3 nitrogen and oxygen atoms in total. The van der Waals surface area contributed by atoms with E-state index in [1.54, 1.807) is 0 Å². The molecule has 20 heavy (non-hydrogen) atoms. The molecular formula is C17H29N3. The predicted octanol–water partition coefficient (Wildman–Crippen LogP) is 3.06. The summed E-state index contributed by atoms with van der Waals surface area (Å²) in [6.45, 7) is 5.68. The van der Waals surface area contributed by atoms with Crippen LogP contribution in [0.1, 0.15) is 65.2 Å². The molecule has 0 aromatic rings. The molecule has 1 heterocycles. The number of piperidine rings is 1. The maximum atomic E-state index is 9.57. The number of nitrogens with one attached hydrogen (secondary N) is 1. The number of nitrogens with zero attached hydrogens (tertiary/aromatic N) is 2. The lowest BCUT2D eigenvalue weighted by Crippen LogP contribution is -2.52. The van der Waals surface area contributed by atoms with Gasteiger partial charge in [-0.25, -0.2) is 0 Å². The van der Waals surface area contributed by atoms with E-state index in [4.69, 9.17) is 0 Å². The third-order valence-electron chi connectivity index (χ3n) is 5.65. The zero-order chi connectivity index (χ0) is 14.2. The van der Waals surface area contributed by atoms with Gasteiger partial charge in [-0.2, -0.15) is 5.26 Å². The number of likely N-dealkylation sites (tertiary alicyclic amines) is 1. The Morgan fingerprint density at radius 3 is 2.70 bits per heavy atom. The van der Waals surface area contributed by atoms with Crippen LogP contribution in [0.5, 0.6) is 0 Å². The normalized spacial score (nSPS) is 35.0. The standard InChI is InChI=1S/C17H29N3/c1-13(11-17(2,12-18)19-15-8-9-15)20-10-4-6-14-5-3-7-16(14)20/h13-16,19H,3-11H2,1-2H3. The molecule has 1 saturated heterocycles. The average molecular weight is 275 g/mol.